The van der Waals surface area contributed by atoms with Gasteiger partial charge in [-0.25, -0.2) is 9.67 Å². The molecule has 0 bridgehead atoms. The van der Waals surface area contributed by atoms with E-state index in [0.29, 0.717) is 13.0 Å². The normalized spacial score (nSPS) is 10.5. The Morgan fingerprint density at radius 3 is 2.79 bits per heavy atom. The Labute approximate surface area is 161 Å². The van der Waals surface area contributed by atoms with Gasteiger partial charge >= 0.3 is 0 Å². The summed E-state index contributed by atoms with van der Waals surface area (Å²) in [6.07, 6.45) is 3.22. The maximum Gasteiger partial charge on any atom is 0.295 e. The lowest BCUT2D eigenvalue weighted by molar-refractivity contribution is -0.384. The van der Waals surface area contributed by atoms with Crippen molar-refractivity contribution in [2.45, 2.75) is 13.3 Å². The van der Waals surface area contributed by atoms with Gasteiger partial charge in [0.2, 0.25) is 0 Å². The van der Waals surface area contributed by atoms with Crippen molar-refractivity contribution in [1.29, 1.82) is 0 Å². The third kappa shape index (κ3) is 4.14. The van der Waals surface area contributed by atoms with Crippen molar-refractivity contribution >= 4 is 11.6 Å². The highest BCUT2D eigenvalue weighted by Crippen LogP contribution is 2.24. The quantitative estimate of drug-likeness (QED) is 0.497. The van der Waals surface area contributed by atoms with E-state index in [1.165, 1.54) is 35.5 Å². The van der Waals surface area contributed by atoms with Gasteiger partial charge in [0.1, 0.15) is 24.1 Å². The van der Waals surface area contributed by atoms with Crippen molar-refractivity contribution in [2.75, 3.05) is 13.7 Å². The largest absolute Gasteiger partial charge is 0.496 e. The average Bonchev–Trinajstić information content (AvgIpc) is 3.22. The SMILES string of the molecule is COc1ccc(C)cc1CCNC(=O)c1ccc(-n2cncn2)c([N+](=O)[O-])c1. The van der Waals surface area contributed by atoms with Crippen molar-refractivity contribution < 1.29 is 14.5 Å². The minimum absolute atomic E-state index is 0.201. The molecule has 0 atom stereocenters. The Kier molecular flexibility index (Phi) is 5.64. The molecule has 9 heteroatoms. The maximum atomic E-state index is 12.4. The van der Waals surface area contributed by atoms with E-state index in [-0.39, 0.29) is 22.8 Å². The highest BCUT2D eigenvalue weighted by Gasteiger charge is 2.19. The lowest BCUT2D eigenvalue weighted by Gasteiger charge is -2.11. The molecule has 0 aliphatic rings. The molecular formula is C19H19N5O4. The smallest absolute Gasteiger partial charge is 0.295 e. The maximum absolute atomic E-state index is 12.4. The molecule has 1 N–H and O–H groups in total. The summed E-state index contributed by atoms with van der Waals surface area (Å²) in [7, 11) is 1.60. The molecule has 28 heavy (non-hydrogen) atoms. The number of benzene rings is 2. The number of hydrogen-bond acceptors (Lipinski definition) is 6. The molecule has 0 aliphatic heterocycles. The van der Waals surface area contributed by atoms with Crippen LogP contribution < -0.4 is 10.1 Å². The van der Waals surface area contributed by atoms with Crippen LogP contribution in [0.2, 0.25) is 0 Å². The molecule has 144 valence electrons. The van der Waals surface area contributed by atoms with Gasteiger partial charge < -0.3 is 10.1 Å². The minimum atomic E-state index is -0.550. The minimum Gasteiger partial charge on any atom is -0.496 e. The fraction of sp³-hybridized carbons (Fsp3) is 0.211. The second kappa shape index (κ2) is 8.30. The Morgan fingerprint density at radius 2 is 2.11 bits per heavy atom. The third-order valence-corrected chi connectivity index (χ3v) is 4.22. The van der Waals surface area contributed by atoms with E-state index in [4.69, 9.17) is 4.74 Å². The molecule has 2 aromatic carbocycles. The van der Waals surface area contributed by atoms with E-state index in [1.54, 1.807) is 7.11 Å². The number of amides is 1. The number of aromatic nitrogens is 3. The predicted molar refractivity (Wildman–Crippen MR) is 102 cm³/mol. The molecule has 1 heterocycles. The van der Waals surface area contributed by atoms with E-state index in [1.807, 2.05) is 25.1 Å². The number of rotatable bonds is 7. The summed E-state index contributed by atoms with van der Waals surface area (Å²) in [6, 6.07) is 10.1. The van der Waals surface area contributed by atoms with Crippen LogP contribution in [0.5, 0.6) is 5.75 Å². The number of nitrogens with zero attached hydrogens (tertiary/aromatic N) is 4. The van der Waals surface area contributed by atoms with E-state index in [2.05, 4.69) is 15.4 Å². The monoisotopic (exact) mass is 381 g/mol. The van der Waals surface area contributed by atoms with Crippen LogP contribution in [-0.4, -0.2) is 39.2 Å². The molecule has 3 aromatic rings. The van der Waals surface area contributed by atoms with Crippen LogP contribution in [-0.2, 0) is 6.42 Å². The molecule has 0 radical (unpaired) electrons. The molecule has 1 amide bonds. The number of carbonyl (C=O) groups is 1. The second-order valence-electron chi connectivity index (χ2n) is 6.12. The summed E-state index contributed by atoms with van der Waals surface area (Å²) in [4.78, 5) is 27.1. The van der Waals surface area contributed by atoms with Crippen LogP contribution in [0.1, 0.15) is 21.5 Å². The van der Waals surface area contributed by atoms with E-state index >= 15 is 0 Å². The van der Waals surface area contributed by atoms with Crippen molar-refractivity contribution in [2.24, 2.45) is 0 Å². The van der Waals surface area contributed by atoms with Crippen molar-refractivity contribution in [3.05, 3.63) is 75.9 Å². The number of nitro benzene ring substituents is 1. The Bertz CT molecular complexity index is 1000. The van der Waals surface area contributed by atoms with E-state index in [0.717, 1.165) is 16.9 Å². The van der Waals surface area contributed by atoms with E-state index in [9.17, 15) is 14.9 Å². The molecule has 0 fully saturated rings. The molecule has 3 rings (SSSR count). The van der Waals surface area contributed by atoms with Gasteiger partial charge in [0.05, 0.1) is 12.0 Å². The van der Waals surface area contributed by atoms with Gasteiger partial charge in [-0.15, -0.1) is 0 Å². The topological polar surface area (TPSA) is 112 Å². The van der Waals surface area contributed by atoms with Gasteiger partial charge in [0, 0.05) is 18.2 Å². The third-order valence-electron chi connectivity index (χ3n) is 4.22. The summed E-state index contributed by atoms with van der Waals surface area (Å²) in [6.45, 7) is 2.36. The fourth-order valence-corrected chi connectivity index (χ4v) is 2.85. The van der Waals surface area contributed by atoms with Gasteiger partial charge in [-0.05, 0) is 37.1 Å². The summed E-state index contributed by atoms with van der Waals surface area (Å²) in [5.74, 6) is 0.368. The number of nitro groups is 1. The summed E-state index contributed by atoms with van der Waals surface area (Å²) in [5.41, 5.74) is 2.30. The molecule has 0 saturated carbocycles. The Balaban J connectivity index is 1.72. The Morgan fingerprint density at radius 1 is 1.29 bits per heavy atom. The Hall–Kier alpha value is -3.75. The number of methoxy groups -OCH3 is 1. The highest BCUT2D eigenvalue weighted by molar-refractivity contribution is 5.95. The van der Waals surface area contributed by atoms with Gasteiger partial charge in [0.25, 0.3) is 11.6 Å². The molecule has 1 aromatic heterocycles. The van der Waals surface area contributed by atoms with Crippen LogP contribution in [0, 0.1) is 17.0 Å². The molecular weight excluding hydrogens is 362 g/mol. The number of aryl methyl sites for hydroxylation is 1. The summed E-state index contributed by atoms with van der Waals surface area (Å²) < 4.78 is 6.61. The summed E-state index contributed by atoms with van der Waals surface area (Å²) in [5, 5.41) is 18.1. The van der Waals surface area contributed by atoms with Crippen molar-refractivity contribution in [3.8, 4) is 11.4 Å². The van der Waals surface area contributed by atoms with Crippen LogP contribution in [0.3, 0.4) is 0 Å². The lowest BCUT2D eigenvalue weighted by Crippen LogP contribution is -2.26. The standard InChI is InChI=1S/C19H19N5O4/c1-13-3-6-18(28-2)14(9-13)7-8-21-19(25)15-4-5-16(17(10-15)24(26)27)23-12-20-11-22-23/h3-6,9-12H,7-8H2,1-2H3,(H,21,25). The van der Waals surface area contributed by atoms with Crippen LogP contribution in [0.4, 0.5) is 5.69 Å². The van der Waals surface area contributed by atoms with Gasteiger partial charge in [-0.1, -0.05) is 17.7 Å². The van der Waals surface area contributed by atoms with Crippen molar-refractivity contribution in [3.63, 3.8) is 0 Å². The van der Waals surface area contributed by atoms with Gasteiger partial charge in [0.15, 0.2) is 0 Å². The van der Waals surface area contributed by atoms with Gasteiger partial charge in [-0.2, -0.15) is 5.10 Å². The summed E-state index contributed by atoms with van der Waals surface area (Å²) >= 11 is 0. The molecule has 0 saturated heterocycles. The average molecular weight is 381 g/mol. The fourth-order valence-electron chi connectivity index (χ4n) is 2.85. The zero-order chi connectivity index (χ0) is 20.1. The molecule has 0 unspecified atom stereocenters. The molecule has 0 aliphatic carbocycles. The first-order valence-corrected chi connectivity index (χ1v) is 8.54. The van der Waals surface area contributed by atoms with Gasteiger partial charge in [-0.3, -0.25) is 14.9 Å². The number of hydrogen-bond donors (Lipinski definition) is 1. The van der Waals surface area contributed by atoms with Crippen LogP contribution in [0.25, 0.3) is 5.69 Å². The van der Waals surface area contributed by atoms with Crippen LogP contribution >= 0.6 is 0 Å². The van der Waals surface area contributed by atoms with Crippen molar-refractivity contribution in [1.82, 2.24) is 20.1 Å². The first-order chi connectivity index (χ1) is 13.5. The molecule has 9 nitrogen and oxygen atoms in total. The zero-order valence-electron chi connectivity index (χ0n) is 15.5. The van der Waals surface area contributed by atoms with Crippen LogP contribution in [0.15, 0.2) is 49.1 Å². The zero-order valence-corrected chi connectivity index (χ0v) is 15.5. The second-order valence-corrected chi connectivity index (χ2v) is 6.12. The highest BCUT2D eigenvalue weighted by atomic mass is 16.6. The number of carbonyl (C=O) groups excluding carboxylic acids is 1. The van der Waals surface area contributed by atoms with E-state index < -0.39 is 4.92 Å². The number of ether oxygens (including phenoxy) is 1. The number of nitrogens with one attached hydrogen (secondary N) is 1. The lowest BCUT2D eigenvalue weighted by atomic mass is 10.1. The predicted octanol–water partition coefficient (Wildman–Crippen LogP) is 2.47. The first-order valence-electron chi connectivity index (χ1n) is 8.54. The first kappa shape index (κ1) is 19.0. The molecule has 0 spiro atoms.